The highest BCUT2D eigenvalue weighted by Gasteiger charge is 2.21. The highest BCUT2D eigenvalue weighted by atomic mass is 32.2. The summed E-state index contributed by atoms with van der Waals surface area (Å²) in [5, 5.41) is 21.2. The molecule has 0 atom stereocenters. The summed E-state index contributed by atoms with van der Waals surface area (Å²) in [4.78, 5) is 13.5. The number of aromatic nitrogens is 4. The second-order valence-corrected chi connectivity index (χ2v) is 6.23. The number of carbonyl (C=O) groups excluding carboxylic acids is 1. The summed E-state index contributed by atoms with van der Waals surface area (Å²) < 4.78 is 1.90. The first-order valence-corrected chi connectivity index (χ1v) is 8.22. The van der Waals surface area contributed by atoms with Gasteiger partial charge in [0, 0.05) is 25.8 Å². The van der Waals surface area contributed by atoms with E-state index in [9.17, 15) is 4.79 Å². The van der Waals surface area contributed by atoms with E-state index in [1.54, 1.807) is 11.9 Å². The number of nitriles is 1. The largest absolute Gasteiger partial charge is 0.345 e. The van der Waals surface area contributed by atoms with Gasteiger partial charge in [-0.15, -0.1) is 5.10 Å². The molecule has 1 heterocycles. The Morgan fingerprint density at radius 1 is 1.52 bits per heavy atom. The minimum Gasteiger partial charge on any atom is -0.345 e. The summed E-state index contributed by atoms with van der Waals surface area (Å²) in [7, 11) is 1.73. The summed E-state index contributed by atoms with van der Waals surface area (Å²) in [6.45, 7) is 0.486. The molecular formula is C13H20N6OS. The van der Waals surface area contributed by atoms with E-state index >= 15 is 0 Å². The first kappa shape index (κ1) is 15.8. The van der Waals surface area contributed by atoms with Gasteiger partial charge in [0.05, 0.1) is 18.5 Å². The minimum absolute atomic E-state index is 0.0534. The standard InChI is InChI=1S/C13H20N6OS/c1-18(9-4-8-14)12(20)7-10-21-13-15-16-17-19(13)11-5-2-3-6-11/h11H,2-7,9-10H2,1H3. The second kappa shape index (κ2) is 7.98. The third-order valence-electron chi connectivity index (χ3n) is 3.67. The zero-order valence-corrected chi connectivity index (χ0v) is 13.1. The lowest BCUT2D eigenvalue weighted by Gasteiger charge is -2.15. The van der Waals surface area contributed by atoms with Gasteiger partial charge in [-0.3, -0.25) is 4.79 Å². The van der Waals surface area contributed by atoms with Crippen molar-refractivity contribution in [2.24, 2.45) is 0 Å². The molecule has 1 aromatic heterocycles. The van der Waals surface area contributed by atoms with Crippen molar-refractivity contribution in [3.63, 3.8) is 0 Å². The SMILES string of the molecule is CN(CCC#N)C(=O)CCSc1nnnn1C1CCCC1. The quantitative estimate of drug-likeness (QED) is 0.712. The van der Waals surface area contributed by atoms with Crippen LogP contribution < -0.4 is 0 Å². The number of tetrazole rings is 1. The Morgan fingerprint density at radius 3 is 3.00 bits per heavy atom. The number of thioether (sulfide) groups is 1. The molecule has 0 aromatic carbocycles. The average Bonchev–Trinajstić information content (AvgIpc) is 3.14. The van der Waals surface area contributed by atoms with Gasteiger partial charge in [0.2, 0.25) is 11.1 Å². The van der Waals surface area contributed by atoms with Crippen molar-refractivity contribution in [1.29, 1.82) is 5.26 Å². The minimum atomic E-state index is 0.0534. The van der Waals surface area contributed by atoms with Crippen LogP contribution in [0.3, 0.4) is 0 Å². The Bertz CT molecular complexity index is 505. The van der Waals surface area contributed by atoms with Crippen LogP contribution in [0.25, 0.3) is 0 Å². The van der Waals surface area contributed by atoms with Crippen molar-refractivity contribution in [3.8, 4) is 6.07 Å². The summed E-state index contributed by atoms with van der Waals surface area (Å²) in [5.41, 5.74) is 0. The van der Waals surface area contributed by atoms with Crippen molar-refractivity contribution >= 4 is 17.7 Å². The third-order valence-corrected chi connectivity index (χ3v) is 4.60. The van der Waals surface area contributed by atoms with Gasteiger partial charge in [0.15, 0.2) is 0 Å². The molecule has 114 valence electrons. The maximum Gasteiger partial charge on any atom is 0.223 e. The summed E-state index contributed by atoms with van der Waals surface area (Å²) in [6, 6.07) is 2.46. The molecule has 0 unspecified atom stereocenters. The molecule has 0 saturated heterocycles. The van der Waals surface area contributed by atoms with Gasteiger partial charge in [-0.05, 0) is 23.3 Å². The maximum atomic E-state index is 11.9. The maximum absolute atomic E-state index is 11.9. The van der Waals surface area contributed by atoms with Crippen LogP contribution in [0.4, 0.5) is 0 Å². The van der Waals surface area contributed by atoms with Gasteiger partial charge in [-0.2, -0.15) is 5.26 Å². The molecule has 1 fully saturated rings. The molecule has 8 heteroatoms. The molecule has 0 spiro atoms. The molecule has 7 nitrogen and oxygen atoms in total. The topological polar surface area (TPSA) is 87.7 Å². The second-order valence-electron chi connectivity index (χ2n) is 5.17. The molecule has 21 heavy (non-hydrogen) atoms. The molecule has 0 bridgehead atoms. The molecule has 1 aliphatic carbocycles. The Kier molecular flexibility index (Phi) is 5.99. The summed E-state index contributed by atoms with van der Waals surface area (Å²) >= 11 is 1.52. The van der Waals surface area contributed by atoms with Crippen LogP contribution in [0, 0.1) is 11.3 Å². The zero-order valence-electron chi connectivity index (χ0n) is 12.2. The Labute approximate surface area is 128 Å². The number of hydrogen-bond donors (Lipinski definition) is 0. The summed E-state index contributed by atoms with van der Waals surface area (Å²) in [5.74, 6) is 0.709. The van der Waals surface area contributed by atoms with Gasteiger partial charge < -0.3 is 4.90 Å². The van der Waals surface area contributed by atoms with Gasteiger partial charge in [0.1, 0.15) is 0 Å². The van der Waals surface area contributed by atoms with Crippen LogP contribution in [0.5, 0.6) is 0 Å². The third kappa shape index (κ3) is 4.43. The van der Waals surface area contributed by atoms with E-state index in [0.29, 0.717) is 31.2 Å². The van der Waals surface area contributed by atoms with E-state index in [0.717, 1.165) is 18.0 Å². The molecule has 0 aliphatic heterocycles. The normalized spacial score (nSPS) is 15.0. The van der Waals surface area contributed by atoms with E-state index in [1.165, 1.54) is 24.6 Å². The Hall–Kier alpha value is -1.62. The van der Waals surface area contributed by atoms with Gasteiger partial charge in [0.25, 0.3) is 0 Å². The lowest BCUT2D eigenvalue weighted by atomic mass is 10.3. The van der Waals surface area contributed by atoms with Gasteiger partial charge >= 0.3 is 0 Å². The number of nitrogens with zero attached hydrogens (tertiary/aromatic N) is 6. The van der Waals surface area contributed by atoms with E-state index in [-0.39, 0.29) is 5.91 Å². The van der Waals surface area contributed by atoms with E-state index in [1.807, 2.05) is 10.8 Å². The van der Waals surface area contributed by atoms with Gasteiger partial charge in [-0.25, -0.2) is 4.68 Å². The molecule has 1 amide bonds. The number of carbonyl (C=O) groups is 1. The van der Waals surface area contributed by atoms with Gasteiger partial charge in [-0.1, -0.05) is 24.6 Å². The van der Waals surface area contributed by atoms with E-state index < -0.39 is 0 Å². The highest BCUT2D eigenvalue weighted by molar-refractivity contribution is 7.99. The first-order chi connectivity index (χ1) is 10.2. The van der Waals surface area contributed by atoms with Crippen LogP contribution >= 0.6 is 11.8 Å². The average molecular weight is 308 g/mol. The molecular weight excluding hydrogens is 288 g/mol. The van der Waals surface area contributed by atoms with Crippen molar-refractivity contribution in [1.82, 2.24) is 25.1 Å². The lowest BCUT2D eigenvalue weighted by Crippen LogP contribution is -2.27. The lowest BCUT2D eigenvalue weighted by molar-refractivity contribution is -0.129. The fraction of sp³-hybridized carbons (Fsp3) is 0.769. The monoisotopic (exact) mass is 308 g/mol. The van der Waals surface area contributed by atoms with Crippen molar-refractivity contribution in [2.75, 3.05) is 19.3 Å². The predicted molar refractivity (Wildman–Crippen MR) is 78.5 cm³/mol. The molecule has 2 rings (SSSR count). The molecule has 1 aromatic rings. The number of amides is 1. The predicted octanol–water partition coefficient (Wildman–Crippen LogP) is 1.64. The molecule has 1 saturated carbocycles. The molecule has 0 radical (unpaired) electrons. The van der Waals surface area contributed by atoms with Crippen LogP contribution in [0.15, 0.2) is 5.16 Å². The van der Waals surface area contributed by atoms with Crippen LogP contribution in [0.1, 0.15) is 44.6 Å². The fourth-order valence-electron chi connectivity index (χ4n) is 2.42. The molecule has 1 aliphatic rings. The fourth-order valence-corrected chi connectivity index (χ4v) is 3.29. The number of rotatable bonds is 7. The Balaban J connectivity index is 1.77. The van der Waals surface area contributed by atoms with Crippen LogP contribution in [-0.2, 0) is 4.79 Å². The van der Waals surface area contributed by atoms with Crippen molar-refractivity contribution in [3.05, 3.63) is 0 Å². The highest BCUT2D eigenvalue weighted by Crippen LogP contribution is 2.31. The Morgan fingerprint density at radius 2 is 2.29 bits per heavy atom. The van der Waals surface area contributed by atoms with Crippen LogP contribution in [0.2, 0.25) is 0 Å². The van der Waals surface area contributed by atoms with Crippen molar-refractivity contribution in [2.45, 2.75) is 49.7 Å². The van der Waals surface area contributed by atoms with Crippen LogP contribution in [-0.4, -0.2) is 50.4 Å². The van der Waals surface area contributed by atoms with E-state index in [2.05, 4.69) is 15.5 Å². The summed E-state index contributed by atoms with van der Waals surface area (Å²) in [6.07, 6.45) is 5.54. The number of hydrogen-bond acceptors (Lipinski definition) is 6. The molecule has 0 N–H and O–H groups in total. The zero-order chi connectivity index (χ0) is 15.1. The van der Waals surface area contributed by atoms with Crippen molar-refractivity contribution < 1.29 is 4.79 Å². The van der Waals surface area contributed by atoms with E-state index in [4.69, 9.17) is 5.26 Å². The first-order valence-electron chi connectivity index (χ1n) is 7.24. The smallest absolute Gasteiger partial charge is 0.223 e.